The minimum absolute atomic E-state index is 0.0717. The van der Waals surface area contributed by atoms with E-state index in [0.717, 1.165) is 18.5 Å². The van der Waals surface area contributed by atoms with Crippen LogP contribution in [0.15, 0.2) is 18.2 Å². The Labute approximate surface area is 120 Å². The zero-order valence-electron chi connectivity index (χ0n) is 12.2. The smallest absolute Gasteiger partial charge is 0.144 e. The van der Waals surface area contributed by atoms with E-state index in [-0.39, 0.29) is 18.2 Å². The average Bonchev–Trinajstić information content (AvgIpc) is 2.43. The molecule has 0 amide bonds. The summed E-state index contributed by atoms with van der Waals surface area (Å²) in [6, 6.07) is 5.63. The second kappa shape index (κ2) is 6.33. The highest BCUT2D eigenvalue weighted by Crippen LogP contribution is 2.31. The highest BCUT2D eigenvalue weighted by atomic mass is 16.5. The summed E-state index contributed by atoms with van der Waals surface area (Å²) in [5.41, 5.74) is 7.13. The molecule has 0 bridgehead atoms. The van der Waals surface area contributed by atoms with Crippen molar-refractivity contribution >= 4 is 11.4 Å². The molecule has 1 heterocycles. The van der Waals surface area contributed by atoms with Crippen LogP contribution in [0.5, 0.6) is 5.75 Å². The van der Waals surface area contributed by atoms with Crippen LogP contribution < -0.4 is 15.8 Å². The molecule has 2 rings (SSSR count). The topological polar surface area (TPSA) is 76.7 Å². The fraction of sp³-hybridized carbons (Fsp3) is 0.600. The van der Waals surface area contributed by atoms with Crippen molar-refractivity contribution in [1.29, 1.82) is 0 Å². The Morgan fingerprint density at radius 2 is 2.10 bits per heavy atom. The van der Waals surface area contributed by atoms with Crippen molar-refractivity contribution in [1.82, 2.24) is 0 Å². The Kier molecular flexibility index (Phi) is 4.73. The van der Waals surface area contributed by atoms with E-state index >= 15 is 0 Å². The Hall–Kier alpha value is -1.46. The van der Waals surface area contributed by atoms with Crippen LogP contribution >= 0.6 is 0 Å². The fourth-order valence-electron chi connectivity index (χ4n) is 2.36. The number of rotatable bonds is 5. The lowest BCUT2D eigenvalue weighted by Gasteiger charge is -2.37. The van der Waals surface area contributed by atoms with Crippen molar-refractivity contribution in [3.63, 3.8) is 0 Å². The summed E-state index contributed by atoms with van der Waals surface area (Å²) in [5.74, 6) is 0.671. The second-order valence-electron chi connectivity index (χ2n) is 5.60. The predicted molar refractivity (Wildman–Crippen MR) is 80.1 cm³/mol. The van der Waals surface area contributed by atoms with Crippen LogP contribution in [0.1, 0.15) is 26.7 Å². The van der Waals surface area contributed by atoms with Crippen molar-refractivity contribution in [2.24, 2.45) is 0 Å². The maximum Gasteiger partial charge on any atom is 0.144 e. The van der Waals surface area contributed by atoms with Gasteiger partial charge in [0.1, 0.15) is 5.75 Å². The van der Waals surface area contributed by atoms with E-state index < -0.39 is 0 Å². The monoisotopic (exact) mass is 280 g/mol. The third-order valence-electron chi connectivity index (χ3n) is 3.54. The normalized spacial score (nSPS) is 18.0. The highest BCUT2D eigenvalue weighted by Gasteiger charge is 2.31. The van der Waals surface area contributed by atoms with Gasteiger partial charge in [-0.15, -0.1) is 0 Å². The third kappa shape index (κ3) is 3.55. The molecule has 1 fully saturated rings. The Morgan fingerprint density at radius 3 is 2.70 bits per heavy atom. The number of hydrogen-bond acceptors (Lipinski definition) is 5. The Morgan fingerprint density at radius 1 is 1.40 bits per heavy atom. The molecule has 1 aromatic rings. The zero-order valence-corrected chi connectivity index (χ0v) is 12.2. The van der Waals surface area contributed by atoms with Gasteiger partial charge in [-0.05, 0) is 38.8 Å². The summed E-state index contributed by atoms with van der Waals surface area (Å²) in [7, 11) is 0. The highest BCUT2D eigenvalue weighted by molar-refractivity contribution is 5.62. The molecule has 4 N–H and O–H groups in total. The molecule has 0 unspecified atom stereocenters. The summed E-state index contributed by atoms with van der Waals surface area (Å²) in [4.78, 5) is 0. The van der Waals surface area contributed by atoms with Crippen molar-refractivity contribution < 1.29 is 14.6 Å². The molecule has 20 heavy (non-hydrogen) atoms. The molecule has 5 heteroatoms. The summed E-state index contributed by atoms with van der Waals surface area (Å²) in [6.45, 7) is 5.34. The van der Waals surface area contributed by atoms with Crippen molar-refractivity contribution in [2.75, 3.05) is 30.9 Å². The molecule has 0 saturated carbocycles. The number of hydrogen-bond donors (Lipinski definition) is 3. The molecule has 112 valence electrons. The Balaban J connectivity index is 2.15. The van der Waals surface area contributed by atoms with Crippen molar-refractivity contribution in [3.8, 4) is 5.75 Å². The molecule has 1 aliphatic rings. The van der Waals surface area contributed by atoms with Gasteiger partial charge in [0.15, 0.2) is 0 Å². The molecule has 0 aromatic heterocycles. The third-order valence-corrected chi connectivity index (χ3v) is 3.54. The summed E-state index contributed by atoms with van der Waals surface area (Å²) >= 11 is 0. The average molecular weight is 280 g/mol. The molecule has 1 saturated heterocycles. The molecule has 1 aromatic carbocycles. The van der Waals surface area contributed by atoms with E-state index in [0.29, 0.717) is 24.7 Å². The number of nitrogens with two attached hydrogens (primary N) is 1. The van der Waals surface area contributed by atoms with E-state index in [2.05, 4.69) is 5.32 Å². The first-order valence-corrected chi connectivity index (χ1v) is 7.08. The lowest BCUT2D eigenvalue weighted by molar-refractivity contribution is 0.0380. The summed E-state index contributed by atoms with van der Waals surface area (Å²) in [6.07, 6.45) is 1.64. The Bertz CT molecular complexity index is 443. The molecule has 0 atom stereocenters. The lowest BCUT2D eigenvalue weighted by Crippen LogP contribution is -2.46. The fourth-order valence-corrected chi connectivity index (χ4v) is 2.36. The number of nitrogen functional groups attached to an aromatic ring is 1. The molecular weight excluding hydrogens is 256 g/mol. The van der Waals surface area contributed by atoms with Crippen LogP contribution in [0.25, 0.3) is 0 Å². The molecule has 1 aliphatic heterocycles. The first kappa shape index (κ1) is 14.9. The van der Waals surface area contributed by atoms with Crippen LogP contribution in [-0.4, -0.2) is 36.6 Å². The van der Waals surface area contributed by atoms with E-state index in [4.69, 9.17) is 15.2 Å². The molecule has 0 spiro atoms. The molecule has 0 radical (unpaired) electrons. The van der Waals surface area contributed by atoms with Crippen molar-refractivity contribution in [2.45, 2.75) is 38.3 Å². The van der Waals surface area contributed by atoms with E-state index in [1.54, 1.807) is 0 Å². The van der Waals surface area contributed by atoms with Gasteiger partial charge < -0.3 is 25.6 Å². The van der Waals surface area contributed by atoms with E-state index in [9.17, 15) is 5.11 Å². The number of aliphatic hydroxyl groups is 1. The lowest BCUT2D eigenvalue weighted by atomic mass is 9.90. The SMILES string of the molecule is CC(C)Oc1cc(NC2(CO)CCOCC2)ccc1N. The minimum atomic E-state index is -0.316. The molecule has 5 nitrogen and oxygen atoms in total. The maximum absolute atomic E-state index is 9.70. The number of aliphatic hydroxyl groups excluding tert-OH is 1. The van der Waals surface area contributed by atoms with Gasteiger partial charge in [0.25, 0.3) is 0 Å². The van der Waals surface area contributed by atoms with Gasteiger partial charge in [-0.25, -0.2) is 0 Å². The number of anilines is 2. The van der Waals surface area contributed by atoms with Gasteiger partial charge in [0.05, 0.1) is 23.9 Å². The second-order valence-corrected chi connectivity index (χ2v) is 5.60. The predicted octanol–water partition coefficient (Wildman–Crippen LogP) is 2.01. The van der Waals surface area contributed by atoms with Crippen LogP contribution in [0.2, 0.25) is 0 Å². The van der Waals surface area contributed by atoms with Crippen LogP contribution in [0.4, 0.5) is 11.4 Å². The summed E-state index contributed by atoms with van der Waals surface area (Å²) < 4.78 is 11.1. The van der Waals surface area contributed by atoms with Crippen LogP contribution in [0, 0.1) is 0 Å². The summed E-state index contributed by atoms with van der Waals surface area (Å²) in [5, 5.41) is 13.1. The van der Waals surface area contributed by atoms with Gasteiger partial charge in [-0.2, -0.15) is 0 Å². The van der Waals surface area contributed by atoms with Gasteiger partial charge in [0.2, 0.25) is 0 Å². The van der Waals surface area contributed by atoms with Gasteiger partial charge in [-0.3, -0.25) is 0 Å². The first-order valence-electron chi connectivity index (χ1n) is 7.08. The maximum atomic E-state index is 9.70. The first-order chi connectivity index (χ1) is 9.54. The van der Waals surface area contributed by atoms with Gasteiger partial charge in [-0.1, -0.05) is 0 Å². The number of benzene rings is 1. The van der Waals surface area contributed by atoms with Crippen molar-refractivity contribution in [3.05, 3.63) is 18.2 Å². The minimum Gasteiger partial charge on any atom is -0.489 e. The molecule has 0 aliphatic carbocycles. The van der Waals surface area contributed by atoms with E-state index in [1.807, 2.05) is 32.0 Å². The van der Waals surface area contributed by atoms with Gasteiger partial charge in [0, 0.05) is 25.0 Å². The van der Waals surface area contributed by atoms with Crippen LogP contribution in [0.3, 0.4) is 0 Å². The van der Waals surface area contributed by atoms with E-state index in [1.165, 1.54) is 0 Å². The number of ether oxygens (including phenoxy) is 2. The zero-order chi connectivity index (χ0) is 14.6. The standard InChI is InChI=1S/C15H24N2O3/c1-11(2)20-14-9-12(3-4-13(14)16)17-15(10-18)5-7-19-8-6-15/h3-4,9,11,17-18H,5-8,10,16H2,1-2H3. The molecular formula is C15H24N2O3. The van der Waals surface area contributed by atoms with Crippen LogP contribution in [-0.2, 0) is 4.74 Å². The number of nitrogens with one attached hydrogen (secondary N) is 1. The van der Waals surface area contributed by atoms with Gasteiger partial charge >= 0.3 is 0 Å². The largest absolute Gasteiger partial charge is 0.489 e. The quantitative estimate of drug-likeness (QED) is 0.719.